The van der Waals surface area contributed by atoms with Crippen molar-refractivity contribution in [2.24, 2.45) is 0 Å². The molecule has 0 aliphatic rings. The molecule has 2 rings (SSSR count). The van der Waals surface area contributed by atoms with E-state index in [4.69, 9.17) is 11.0 Å². The summed E-state index contributed by atoms with van der Waals surface area (Å²) in [5.41, 5.74) is 6.16. The van der Waals surface area contributed by atoms with Crippen LogP contribution in [0.15, 0.2) is 48.8 Å². The van der Waals surface area contributed by atoms with E-state index in [9.17, 15) is 12.6 Å². The van der Waals surface area contributed by atoms with E-state index < -0.39 is 14.2 Å². The summed E-state index contributed by atoms with van der Waals surface area (Å²) in [5.74, 6) is -0.379. The van der Waals surface area contributed by atoms with Crippen molar-refractivity contribution in [3.05, 3.63) is 48.8 Å². The van der Waals surface area contributed by atoms with Crippen molar-refractivity contribution < 1.29 is 21.8 Å². The number of hydrogen-bond donors (Lipinski definition) is 4. The maximum Gasteiger partial charge on any atom is 0.0500 e. The minimum atomic E-state index is -4.92. The number of aromatic nitrogens is 1. The Kier molecular flexibility index (Phi) is 6.81. The molecule has 0 saturated carbocycles. The van der Waals surface area contributed by atoms with Gasteiger partial charge in [0.2, 0.25) is 0 Å². The molecule has 0 aliphatic carbocycles. The van der Waals surface area contributed by atoms with Gasteiger partial charge in [0.1, 0.15) is 0 Å². The molecule has 0 bridgehead atoms. The van der Waals surface area contributed by atoms with Gasteiger partial charge in [0.15, 0.2) is 0 Å². The fourth-order valence-corrected chi connectivity index (χ4v) is 3.11. The minimum absolute atomic E-state index is 0.103. The van der Waals surface area contributed by atoms with Crippen molar-refractivity contribution >= 4 is 35.8 Å². The summed E-state index contributed by atoms with van der Waals surface area (Å²) in [6.07, 6.45) is 3.30. The van der Waals surface area contributed by atoms with E-state index in [1.165, 1.54) is 25.1 Å². The predicted molar refractivity (Wildman–Crippen MR) is 81.4 cm³/mol. The first kappa shape index (κ1) is 17.9. The third-order valence-corrected chi connectivity index (χ3v) is 4.87. The summed E-state index contributed by atoms with van der Waals surface area (Å²) in [7, 11) is 0. The quantitative estimate of drug-likeness (QED) is 0.349. The second-order valence-corrected chi connectivity index (χ2v) is 7.62. The molecule has 9 heteroatoms. The summed E-state index contributed by atoms with van der Waals surface area (Å²) in [4.78, 5) is 14.6. The van der Waals surface area contributed by atoms with Gasteiger partial charge < -0.3 is 5.73 Å². The second-order valence-electron chi connectivity index (χ2n) is 4.09. The van der Waals surface area contributed by atoms with Crippen molar-refractivity contribution in [2.75, 3.05) is 11.1 Å². The van der Waals surface area contributed by atoms with Crippen LogP contribution < -0.4 is 15.4 Å². The molecular weight excluding hydrogens is 353 g/mol. The van der Waals surface area contributed by atoms with Crippen LogP contribution in [0, 0.1) is 0 Å². The van der Waals surface area contributed by atoms with Crippen LogP contribution in [0.4, 0.5) is 11.4 Å². The first-order valence-electron chi connectivity index (χ1n) is 6.05. The van der Waals surface area contributed by atoms with Crippen LogP contribution in [0.2, 0.25) is 0 Å². The number of carbonyl (C=O) groups excluding carboxylic acids is 1. The van der Waals surface area contributed by atoms with Gasteiger partial charge in [0.25, 0.3) is 0 Å². The number of carbonyl (C=O) groups is 1. The number of nitrogen functional groups attached to an aromatic ring is 1. The van der Waals surface area contributed by atoms with Gasteiger partial charge in [-0.25, -0.2) is 0 Å². The summed E-state index contributed by atoms with van der Waals surface area (Å²) in [5, 5.41) is 10.7. The zero-order valence-electron chi connectivity index (χ0n) is 11.7. The number of para-hydroxylation sites is 1. The first-order chi connectivity index (χ1) is 10.4. The Morgan fingerprint density at radius 2 is 2.00 bits per heavy atom. The number of nitrogens with zero attached hydrogens (tertiary/aromatic N) is 1. The van der Waals surface area contributed by atoms with Gasteiger partial charge in [-0.2, -0.15) is 0 Å². The van der Waals surface area contributed by atoms with Gasteiger partial charge >= 0.3 is 88.4 Å². The molecule has 1 heterocycles. The molecule has 0 fully saturated rings. The first-order valence-corrected chi connectivity index (χ1v) is 9.36. The van der Waals surface area contributed by atoms with E-state index in [1.807, 2.05) is 0 Å². The maximum absolute atomic E-state index is 11.4. The third kappa shape index (κ3) is 5.71. The number of benzene rings is 1. The molecule has 0 radical (unpaired) electrons. The monoisotopic (exact) mass is 369 g/mol. The van der Waals surface area contributed by atoms with Crippen molar-refractivity contribution in [3.63, 3.8) is 0 Å². The Bertz CT molecular complexity index is 666. The van der Waals surface area contributed by atoms with Gasteiger partial charge in [0, 0.05) is 12.4 Å². The Hall–Kier alpha value is -2.12. The van der Waals surface area contributed by atoms with Gasteiger partial charge in [-0.15, -0.1) is 0 Å². The topological polar surface area (TPSA) is 135 Å². The van der Waals surface area contributed by atoms with Crippen LogP contribution in [0.5, 0.6) is 0 Å². The van der Waals surface area contributed by atoms with Crippen LogP contribution in [-0.4, -0.2) is 34.4 Å². The van der Waals surface area contributed by atoms with E-state index in [0.29, 0.717) is 5.69 Å². The molecular formula is C13H16AsN3O5. The van der Waals surface area contributed by atoms with Crippen molar-refractivity contribution in [3.8, 4) is 0 Å². The third-order valence-electron chi connectivity index (χ3n) is 2.31. The van der Waals surface area contributed by atoms with Crippen LogP contribution in [0.25, 0.3) is 0 Å². The summed E-state index contributed by atoms with van der Waals surface area (Å²) < 4.78 is 24.1. The fraction of sp³-hybridized carbons (Fsp3) is 0.0769. The number of nitrogens with two attached hydrogens (primary N) is 1. The Morgan fingerprint density at radius 3 is 2.45 bits per heavy atom. The number of hydrogen-bond acceptors (Lipinski definition) is 6. The molecule has 2 aromatic rings. The molecule has 1 unspecified atom stereocenters. The molecule has 1 atom stereocenters. The summed E-state index contributed by atoms with van der Waals surface area (Å²) >= 11 is -4.92. The van der Waals surface area contributed by atoms with Crippen LogP contribution in [0.1, 0.15) is 6.92 Å². The zero-order chi connectivity index (χ0) is 16.6. The molecule has 1 aromatic carbocycles. The largest absolute Gasteiger partial charge is 0.397 e. The SMILES string of the molecule is CC(=O)Nc1ccccc1[As](=O)(O)OO.Nc1cccnc1. The van der Waals surface area contributed by atoms with E-state index >= 15 is 0 Å². The van der Waals surface area contributed by atoms with Crippen LogP contribution in [-0.2, 0) is 12.4 Å². The van der Waals surface area contributed by atoms with Crippen molar-refractivity contribution in [1.82, 2.24) is 4.98 Å². The fourth-order valence-electron chi connectivity index (χ4n) is 1.44. The van der Waals surface area contributed by atoms with Crippen molar-refractivity contribution in [1.29, 1.82) is 0 Å². The Morgan fingerprint density at radius 1 is 1.32 bits per heavy atom. The molecule has 0 aliphatic heterocycles. The van der Waals surface area contributed by atoms with E-state index in [2.05, 4.69) is 14.2 Å². The molecule has 22 heavy (non-hydrogen) atoms. The molecule has 118 valence electrons. The summed E-state index contributed by atoms with van der Waals surface area (Å²) in [6.45, 7) is 1.27. The maximum atomic E-state index is 11.4. The van der Waals surface area contributed by atoms with E-state index in [-0.39, 0.29) is 15.9 Å². The molecule has 8 nitrogen and oxygen atoms in total. The van der Waals surface area contributed by atoms with Gasteiger partial charge in [-0.1, -0.05) is 0 Å². The number of anilines is 2. The molecule has 0 spiro atoms. The number of pyridine rings is 1. The van der Waals surface area contributed by atoms with Crippen molar-refractivity contribution in [2.45, 2.75) is 6.92 Å². The van der Waals surface area contributed by atoms with Crippen LogP contribution >= 0.6 is 0 Å². The molecule has 1 amide bonds. The standard InChI is InChI=1S/C8H10AsNO5.C5H6N2/c1-6(11)10-8-5-3-2-4-7(8)9(12,13)15-14;6-5-2-1-3-7-4-5/h2-5,14H,1H3,(H,10,11)(H,12,13);1-4H,6H2. The second kappa shape index (κ2) is 8.35. The number of rotatable bonds is 3. The van der Waals surface area contributed by atoms with Gasteiger partial charge in [-0.3, -0.25) is 4.98 Å². The Labute approximate surface area is 129 Å². The van der Waals surface area contributed by atoms with Gasteiger partial charge in [-0.05, 0) is 12.1 Å². The molecule has 5 N–H and O–H groups in total. The minimum Gasteiger partial charge on any atom is -0.397 e. The zero-order valence-corrected chi connectivity index (χ0v) is 13.6. The average Bonchev–Trinajstić information content (AvgIpc) is 2.48. The molecule has 0 saturated heterocycles. The normalized spacial score (nSPS) is 12.5. The predicted octanol–water partition coefficient (Wildman–Crippen LogP) is 0.367. The average molecular weight is 369 g/mol. The van der Waals surface area contributed by atoms with Crippen LogP contribution in [0.3, 0.4) is 0 Å². The van der Waals surface area contributed by atoms with E-state index in [1.54, 1.807) is 30.6 Å². The van der Waals surface area contributed by atoms with E-state index in [0.717, 1.165) is 0 Å². The number of amides is 1. The Balaban J connectivity index is 0.000000287. The molecule has 1 aromatic heterocycles. The summed E-state index contributed by atoms with van der Waals surface area (Å²) in [6, 6.07) is 9.44. The van der Waals surface area contributed by atoms with Gasteiger partial charge in [0.05, 0.1) is 5.69 Å². The number of nitrogens with one attached hydrogen (secondary N) is 1. The smallest absolute Gasteiger partial charge is 0.0500 e.